The molecule has 2 N–H and O–H groups in total. The summed E-state index contributed by atoms with van der Waals surface area (Å²) < 4.78 is 1.62. The second kappa shape index (κ2) is 4.93. The highest BCUT2D eigenvalue weighted by molar-refractivity contribution is 6.00. The average molecular weight is 229 g/mol. The summed E-state index contributed by atoms with van der Waals surface area (Å²) in [7, 11) is 1.79. The van der Waals surface area contributed by atoms with Crippen molar-refractivity contribution in [2.45, 2.75) is 5.92 Å². The van der Waals surface area contributed by atoms with E-state index in [2.05, 4.69) is 5.10 Å². The molecule has 0 spiro atoms. The van der Waals surface area contributed by atoms with Crippen LogP contribution in [-0.4, -0.2) is 22.1 Å². The summed E-state index contributed by atoms with van der Waals surface area (Å²) in [6, 6.07) is 9.59. The first-order chi connectivity index (χ1) is 8.22. The van der Waals surface area contributed by atoms with Crippen LogP contribution >= 0.6 is 0 Å². The van der Waals surface area contributed by atoms with Gasteiger partial charge in [-0.1, -0.05) is 30.3 Å². The van der Waals surface area contributed by atoms with Crippen molar-refractivity contribution in [3.63, 3.8) is 0 Å². The molecular weight excluding hydrogens is 214 g/mol. The first-order valence-corrected chi connectivity index (χ1v) is 5.50. The quantitative estimate of drug-likeness (QED) is 0.805. The van der Waals surface area contributed by atoms with Crippen LogP contribution in [0, 0.1) is 0 Å². The standard InChI is InChI=1S/C13H15N3O/c1-16-9-11(8-15-16)13(17)12(7-14)10-5-3-2-4-6-10/h2-6,8-9,12H,7,14H2,1H3. The van der Waals surface area contributed by atoms with E-state index in [4.69, 9.17) is 5.73 Å². The molecule has 0 aliphatic rings. The second-order valence-corrected chi connectivity index (χ2v) is 3.97. The van der Waals surface area contributed by atoms with Gasteiger partial charge in [-0.25, -0.2) is 0 Å². The number of ketones is 1. The predicted molar refractivity (Wildman–Crippen MR) is 65.8 cm³/mol. The van der Waals surface area contributed by atoms with E-state index in [1.54, 1.807) is 24.1 Å². The van der Waals surface area contributed by atoms with Gasteiger partial charge in [-0.3, -0.25) is 9.48 Å². The van der Waals surface area contributed by atoms with Crippen molar-refractivity contribution in [1.29, 1.82) is 0 Å². The molecule has 0 radical (unpaired) electrons. The molecule has 17 heavy (non-hydrogen) atoms. The molecule has 0 aliphatic heterocycles. The van der Waals surface area contributed by atoms with Crippen molar-refractivity contribution in [1.82, 2.24) is 9.78 Å². The summed E-state index contributed by atoms with van der Waals surface area (Å²) in [4.78, 5) is 12.3. The van der Waals surface area contributed by atoms with Crippen molar-refractivity contribution < 1.29 is 4.79 Å². The summed E-state index contributed by atoms with van der Waals surface area (Å²) >= 11 is 0. The molecule has 88 valence electrons. The number of nitrogens with two attached hydrogens (primary N) is 1. The zero-order chi connectivity index (χ0) is 12.3. The van der Waals surface area contributed by atoms with Crippen LogP contribution in [0.2, 0.25) is 0 Å². The van der Waals surface area contributed by atoms with Gasteiger partial charge in [0.05, 0.1) is 17.7 Å². The molecule has 1 atom stereocenters. The molecule has 2 aromatic rings. The minimum absolute atomic E-state index is 0.0202. The van der Waals surface area contributed by atoms with Gasteiger partial charge in [0, 0.05) is 19.8 Å². The Balaban J connectivity index is 2.28. The van der Waals surface area contributed by atoms with E-state index in [0.717, 1.165) is 5.56 Å². The minimum atomic E-state index is -0.291. The van der Waals surface area contributed by atoms with E-state index in [-0.39, 0.29) is 11.7 Å². The van der Waals surface area contributed by atoms with Crippen LogP contribution < -0.4 is 5.73 Å². The molecule has 4 heteroatoms. The number of rotatable bonds is 4. The highest BCUT2D eigenvalue weighted by atomic mass is 16.1. The molecule has 2 rings (SSSR count). The number of Topliss-reactive ketones (excluding diaryl/α,β-unsaturated/α-hetero) is 1. The van der Waals surface area contributed by atoms with Crippen molar-refractivity contribution in [3.05, 3.63) is 53.9 Å². The van der Waals surface area contributed by atoms with Crippen LogP contribution in [0.3, 0.4) is 0 Å². The number of carbonyl (C=O) groups is 1. The first-order valence-electron chi connectivity index (χ1n) is 5.50. The van der Waals surface area contributed by atoms with Gasteiger partial charge in [0.1, 0.15) is 0 Å². The molecule has 4 nitrogen and oxygen atoms in total. The molecule has 1 unspecified atom stereocenters. The van der Waals surface area contributed by atoms with Crippen LogP contribution in [0.25, 0.3) is 0 Å². The Morgan fingerprint density at radius 2 is 2.12 bits per heavy atom. The van der Waals surface area contributed by atoms with Gasteiger partial charge in [-0.2, -0.15) is 5.10 Å². The van der Waals surface area contributed by atoms with Crippen molar-refractivity contribution in [2.75, 3.05) is 6.54 Å². The lowest BCUT2D eigenvalue weighted by Crippen LogP contribution is -2.21. The number of benzene rings is 1. The number of carbonyl (C=O) groups excluding carboxylic acids is 1. The van der Waals surface area contributed by atoms with Crippen LogP contribution in [0.15, 0.2) is 42.7 Å². The molecular formula is C13H15N3O. The highest BCUT2D eigenvalue weighted by Crippen LogP contribution is 2.19. The van der Waals surface area contributed by atoms with Gasteiger partial charge in [-0.05, 0) is 5.56 Å². The van der Waals surface area contributed by atoms with E-state index < -0.39 is 0 Å². The van der Waals surface area contributed by atoms with Gasteiger partial charge in [-0.15, -0.1) is 0 Å². The molecule has 0 fully saturated rings. The average Bonchev–Trinajstić information content (AvgIpc) is 2.78. The molecule has 1 aromatic carbocycles. The van der Waals surface area contributed by atoms with Gasteiger partial charge in [0.2, 0.25) is 0 Å². The van der Waals surface area contributed by atoms with Crippen LogP contribution in [0.1, 0.15) is 21.8 Å². The normalized spacial score (nSPS) is 12.4. The van der Waals surface area contributed by atoms with Crippen molar-refractivity contribution in [3.8, 4) is 0 Å². The third-order valence-electron chi connectivity index (χ3n) is 2.74. The third kappa shape index (κ3) is 2.42. The van der Waals surface area contributed by atoms with Crippen molar-refractivity contribution >= 4 is 5.78 Å². The van der Waals surface area contributed by atoms with Crippen molar-refractivity contribution in [2.24, 2.45) is 12.8 Å². The van der Waals surface area contributed by atoms with E-state index >= 15 is 0 Å². The lowest BCUT2D eigenvalue weighted by atomic mass is 9.92. The lowest BCUT2D eigenvalue weighted by molar-refractivity contribution is 0.0962. The van der Waals surface area contributed by atoms with E-state index in [0.29, 0.717) is 12.1 Å². The smallest absolute Gasteiger partial charge is 0.174 e. The Labute approximate surface area is 100 Å². The predicted octanol–water partition coefficient (Wildman–Crippen LogP) is 1.35. The SMILES string of the molecule is Cn1cc(C(=O)C(CN)c2ccccc2)cn1. The summed E-state index contributed by atoms with van der Waals surface area (Å²) in [5.74, 6) is -0.271. The van der Waals surface area contributed by atoms with Gasteiger partial charge < -0.3 is 5.73 Å². The maximum absolute atomic E-state index is 12.3. The maximum Gasteiger partial charge on any atom is 0.174 e. The summed E-state index contributed by atoms with van der Waals surface area (Å²) in [6.07, 6.45) is 3.29. The molecule has 0 aliphatic carbocycles. The largest absolute Gasteiger partial charge is 0.329 e. The Hall–Kier alpha value is -1.94. The number of hydrogen-bond donors (Lipinski definition) is 1. The Kier molecular flexibility index (Phi) is 3.35. The number of hydrogen-bond acceptors (Lipinski definition) is 3. The topological polar surface area (TPSA) is 60.9 Å². The fourth-order valence-corrected chi connectivity index (χ4v) is 1.83. The molecule has 1 heterocycles. The zero-order valence-corrected chi connectivity index (χ0v) is 9.71. The second-order valence-electron chi connectivity index (χ2n) is 3.97. The minimum Gasteiger partial charge on any atom is -0.329 e. The van der Waals surface area contributed by atoms with Crippen LogP contribution in [0.4, 0.5) is 0 Å². The zero-order valence-electron chi connectivity index (χ0n) is 9.71. The lowest BCUT2D eigenvalue weighted by Gasteiger charge is -2.12. The van der Waals surface area contributed by atoms with Gasteiger partial charge in [0.15, 0.2) is 5.78 Å². The number of aromatic nitrogens is 2. The third-order valence-corrected chi connectivity index (χ3v) is 2.74. The summed E-state index contributed by atoms with van der Waals surface area (Å²) in [5, 5.41) is 4.00. The molecule has 0 saturated carbocycles. The Bertz CT molecular complexity index is 504. The monoisotopic (exact) mass is 229 g/mol. The Morgan fingerprint density at radius 3 is 2.65 bits per heavy atom. The number of nitrogens with zero attached hydrogens (tertiary/aromatic N) is 2. The molecule has 0 saturated heterocycles. The molecule has 1 aromatic heterocycles. The first kappa shape index (κ1) is 11.5. The van der Waals surface area contributed by atoms with Crippen LogP contribution in [0.5, 0.6) is 0 Å². The van der Waals surface area contributed by atoms with E-state index in [1.807, 2.05) is 30.3 Å². The summed E-state index contributed by atoms with van der Waals surface area (Å²) in [6.45, 7) is 0.303. The van der Waals surface area contributed by atoms with E-state index in [9.17, 15) is 4.79 Å². The van der Waals surface area contributed by atoms with Crippen LogP contribution in [-0.2, 0) is 7.05 Å². The summed E-state index contributed by atoms with van der Waals surface area (Å²) in [5.41, 5.74) is 7.25. The van der Waals surface area contributed by atoms with E-state index in [1.165, 1.54) is 0 Å². The molecule has 0 bridgehead atoms. The molecule has 0 amide bonds. The Morgan fingerprint density at radius 1 is 1.41 bits per heavy atom. The number of aryl methyl sites for hydroxylation is 1. The fraction of sp³-hybridized carbons (Fsp3) is 0.231. The fourth-order valence-electron chi connectivity index (χ4n) is 1.83. The van der Waals surface area contributed by atoms with Gasteiger partial charge >= 0.3 is 0 Å². The van der Waals surface area contributed by atoms with Gasteiger partial charge in [0.25, 0.3) is 0 Å². The highest BCUT2D eigenvalue weighted by Gasteiger charge is 2.21. The maximum atomic E-state index is 12.3.